The summed E-state index contributed by atoms with van der Waals surface area (Å²) in [6.45, 7) is 1.15. The fraction of sp³-hybridized carbons (Fsp3) is 0.765. The molecule has 1 unspecified atom stereocenters. The minimum atomic E-state index is 0.395. The fourth-order valence-corrected chi connectivity index (χ4v) is 4.99. The van der Waals surface area contributed by atoms with Crippen LogP contribution in [-0.2, 0) is 6.42 Å². The maximum atomic E-state index is 3.92. The molecule has 1 aromatic heterocycles. The Morgan fingerprint density at radius 1 is 1.25 bits per heavy atom. The first-order valence-corrected chi connectivity index (χ1v) is 9.06. The first-order valence-electron chi connectivity index (χ1n) is 8.18. The zero-order chi connectivity index (χ0) is 14.0. The van der Waals surface area contributed by atoms with Crippen molar-refractivity contribution in [3.05, 3.63) is 21.9 Å². The number of nitrogens with zero attached hydrogens (tertiary/aromatic N) is 1. The lowest BCUT2D eigenvalue weighted by molar-refractivity contribution is 0.0943. The Hall–Kier alpha value is -0.380. The number of nitrogens with one attached hydrogen (secondary N) is 1. The van der Waals surface area contributed by atoms with Crippen LogP contribution in [0, 0.1) is 0 Å². The van der Waals surface area contributed by atoms with E-state index in [0.717, 1.165) is 6.54 Å². The van der Waals surface area contributed by atoms with Gasteiger partial charge in [-0.1, -0.05) is 19.3 Å². The molecule has 1 heterocycles. The average Bonchev–Trinajstić information content (AvgIpc) is 2.95. The maximum absolute atomic E-state index is 3.92. The van der Waals surface area contributed by atoms with Gasteiger partial charge in [0.1, 0.15) is 0 Å². The third-order valence-corrected chi connectivity index (χ3v) is 6.46. The smallest absolute Gasteiger partial charge is 0.0332 e. The van der Waals surface area contributed by atoms with Gasteiger partial charge in [0.25, 0.3) is 0 Å². The Labute approximate surface area is 127 Å². The van der Waals surface area contributed by atoms with Crippen LogP contribution in [0.2, 0.25) is 0 Å². The highest BCUT2D eigenvalue weighted by Crippen LogP contribution is 2.36. The highest BCUT2D eigenvalue weighted by molar-refractivity contribution is 7.10. The predicted octanol–water partition coefficient (Wildman–Crippen LogP) is 3.98. The summed E-state index contributed by atoms with van der Waals surface area (Å²) in [6.07, 6.45) is 10.9. The lowest BCUT2D eigenvalue weighted by Crippen LogP contribution is -2.53. The van der Waals surface area contributed by atoms with E-state index in [1.165, 1.54) is 51.4 Å². The SMILES string of the molecule is CN(C)C1(CNC2CCCc3sccc32)CCCCC1. The van der Waals surface area contributed by atoms with Crippen LogP contribution >= 0.6 is 11.3 Å². The molecule has 0 amide bonds. The van der Waals surface area contributed by atoms with E-state index >= 15 is 0 Å². The molecule has 0 spiro atoms. The fourth-order valence-electron chi connectivity index (χ4n) is 4.00. The van der Waals surface area contributed by atoms with Gasteiger partial charge < -0.3 is 10.2 Å². The second kappa shape index (κ2) is 6.17. The van der Waals surface area contributed by atoms with Crippen molar-refractivity contribution in [1.29, 1.82) is 0 Å². The van der Waals surface area contributed by atoms with Crippen molar-refractivity contribution in [2.45, 2.75) is 62.9 Å². The summed E-state index contributed by atoms with van der Waals surface area (Å²) in [5.41, 5.74) is 1.98. The summed E-state index contributed by atoms with van der Waals surface area (Å²) in [5, 5.41) is 6.19. The number of rotatable bonds is 4. The molecular weight excluding hydrogens is 264 g/mol. The van der Waals surface area contributed by atoms with Gasteiger partial charge in [-0.3, -0.25) is 0 Å². The zero-order valence-corrected chi connectivity index (χ0v) is 13.8. The van der Waals surface area contributed by atoms with E-state index in [0.29, 0.717) is 11.6 Å². The highest BCUT2D eigenvalue weighted by Gasteiger charge is 2.35. The van der Waals surface area contributed by atoms with Gasteiger partial charge in [-0.2, -0.15) is 0 Å². The zero-order valence-electron chi connectivity index (χ0n) is 13.0. The van der Waals surface area contributed by atoms with E-state index in [1.807, 2.05) is 11.3 Å². The monoisotopic (exact) mass is 292 g/mol. The molecular formula is C17H28N2S. The summed E-state index contributed by atoms with van der Waals surface area (Å²) >= 11 is 1.95. The molecule has 0 saturated heterocycles. The Balaban J connectivity index is 1.67. The van der Waals surface area contributed by atoms with Crippen LogP contribution in [-0.4, -0.2) is 31.1 Å². The molecule has 0 radical (unpaired) electrons. The van der Waals surface area contributed by atoms with E-state index < -0.39 is 0 Å². The van der Waals surface area contributed by atoms with Gasteiger partial charge in [-0.15, -0.1) is 11.3 Å². The van der Waals surface area contributed by atoms with E-state index in [4.69, 9.17) is 0 Å². The molecule has 1 saturated carbocycles. The summed E-state index contributed by atoms with van der Waals surface area (Å²) in [7, 11) is 4.54. The molecule has 1 fully saturated rings. The molecule has 2 aliphatic rings. The Morgan fingerprint density at radius 3 is 2.80 bits per heavy atom. The van der Waals surface area contributed by atoms with Crippen molar-refractivity contribution in [3.63, 3.8) is 0 Å². The van der Waals surface area contributed by atoms with E-state index in [9.17, 15) is 0 Å². The van der Waals surface area contributed by atoms with Crippen LogP contribution in [0.15, 0.2) is 11.4 Å². The van der Waals surface area contributed by atoms with Crippen LogP contribution in [0.3, 0.4) is 0 Å². The number of likely N-dealkylation sites (N-methyl/N-ethyl adjacent to an activating group) is 1. The second-order valence-corrected chi connectivity index (χ2v) is 7.80. The molecule has 3 rings (SSSR count). The lowest BCUT2D eigenvalue weighted by atomic mass is 9.80. The normalized spacial score (nSPS) is 25.6. The maximum Gasteiger partial charge on any atom is 0.0332 e. The molecule has 0 aromatic carbocycles. The Bertz CT molecular complexity index is 432. The van der Waals surface area contributed by atoms with E-state index in [1.54, 1.807) is 10.4 Å². The first-order chi connectivity index (χ1) is 9.71. The van der Waals surface area contributed by atoms with Gasteiger partial charge in [0.2, 0.25) is 0 Å². The third kappa shape index (κ3) is 2.81. The predicted molar refractivity (Wildman–Crippen MR) is 87.5 cm³/mol. The number of hydrogen-bond acceptors (Lipinski definition) is 3. The van der Waals surface area contributed by atoms with Crippen molar-refractivity contribution >= 4 is 11.3 Å². The number of thiophene rings is 1. The van der Waals surface area contributed by atoms with Crippen molar-refractivity contribution in [2.75, 3.05) is 20.6 Å². The molecule has 1 aromatic rings. The molecule has 0 aliphatic heterocycles. The standard InChI is InChI=1S/C17H28N2S/c1-19(2)17(10-4-3-5-11-17)13-18-15-7-6-8-16-14(15)9-12-20-16/h9,12,15,18H,3-8,10-11,13H2,1-2H3. The van der Waals surface area contributed by atoms with Crippen molar-refractivity contribution in [3.8, 4) is 0 Å². The molecule has 0 bridgehead atoms. The molecule has 3 heteroatoms. The summed E-state index contributed by atoms with van der Waals surface area (Å²) in [6, 6.07) is 2.95. The molecule has 2 nitrogen and oxygen atoms in total. The first kappa shape index (κ1) is 14.6. The van der Waals surface area contributed by atoms with Gasteiger partial charge in [0, 0.05) is 23.0 Å². The van der Waals surface area contributed by atoms with E-state index in [-0.39, 0.29) is 0 Å². The Kier molecular flexibility index (Phi) is 4.49. The molecule has 20 heavy (non-hydrogen) atoms. The van der Waals surface area contributed by atoms with Gasteiger partial charge in [-0.25, -0.2) is 0 Å². The van der Waals surface area contributed by atoms with Crippen molar-refractivity contribution in [1.82, 2.24) is 10.2 Å². The number of hydrogen-bond donors (Lipinski definition) is 1. The molecule has 112 valence electrons. The topological polar surface area (TPSA) is 15.3 Å². The van der Waals surface area contributed by atoms with Gasteiger partial charge in [-0.05, 0) is 63.2 Å². The summed E-state index contributed by atoms with van der Waals surface area (Å²) in [5.74, 6) is 0. The highest BCUT2D eigenvalue weighted by atomic mass is 32.1. The molecule has 1 N–H and O–H groups in total. The van der Waals surface area contributed by atoms with Crippen LogP contribution in [0.4, 0.5) is 0 Å². The molecule has 1 atom stereocenters. The van der Waals surface area contributed by atoms with Crippen LogP contribution < -0.4 is 5.32 Å². The largest absolute Gasteiger partial charge is 0.308 e. The minimum absolute atomic E-state index is 0.395. The van der Waals surface area contributed by atoms with Gasteiger partial charge in [0.15, 0.2) is 0 Å². The van der Waals surface area contributed by atoms with Crippen molar-refractivity contribution < 1.29 is 0 Å². The third-order valence-electron chi connectivity index (χ3n) is 5.46. The quantitative estimate of drug-likeness (QED) is 0.903. The summed E-state index contributed by atoms with van der Waals surface area (Å²) < 4.78 is 0. The second-order valence-electron chi connectivity index (χ2n) is 6.80. The number of fused-ring (bicyclic) bond motifs is 1. The van der Waals surface area contributed by atoms with Crippen molar-refractivity contribution in [2.24, 2.45) is 0 Å². The molecule has 2 aliphatic carbocycles. The summed E-state index contributed by atoms with van der Waals surface area (Å²) in [4.78, 5) is 4.10. The van der Waals surface area contributed by atoms with Gasteiger partial charge in [0.05, 0.1) is 0 Å². The van der Waals surface area contributed by atoms with E-state index in [2.05, 4.69) is 35.8 Å². The van der Waals surface area contributed by atoms with Crippen LogP contribution in [0.1, 0.15) is 61.4 Å². The lowest BCUT2D eigenvalue weighted by Gasteiger charge is -2.44. The van der Waals surface area contributed by atoms with Gasteiger partial charge >= 0.3 is 0 Å². The average molecular weight is 292 g/mol. The number of aryl methyl sites for hydroxylation is 1. The van der Waals surface area contributed by atoms with Crippen LogP contribution in [0.5, 0.6) is 0 Å². The van der Waals surface area contributed by atoms with Crippen LogP contribution in [0.25, 0.3) is 0 Å². The Morgan fingerprint density at radius 2 is 2.05 bits per heavy atom. The minimum Gasteiger partial charge on any atom is -0.308 e.